The van der Waals surface area contributed by atoms with E-state index in [0.717, 1.165) is 16.7 Å². The molecule has 3 aromatic rings. The Kier molecular flexibility index (Phi) is 3.06. The number of nitrogens with one attached hydrogen (secondary N) is 3. The zero-order valence-electron chi connectivity index (χ0n) is 10.6. The van der Waals surface area contributed by atoms with Crippen molar-refractivity contribution in [2.75, 3.05) is 10.7 Å². The molecule has 2 aromatic carbocycles. The van der Waals surface area contributed by atoms with E-state index in [1.165, 1.54) is 0 Å². The number of para-hydroxylation sites is 2. The molecule has 0 fully saturated rings. The molecule has 6 heteroatoms. The smallest absolute Gasteiger partial charge is 0.257 e. The first kappa shape index (κ1) is 12.2. The normalized spacial score (nSPS) is 10.4. The number of nitrogen functional groups attached to an aromatic ring is 1. The average Bonchev–Trinajstić information content (AvgIpc) is 2.89. The van der Waals surface area contributed by atoms with Gasteiger partial charge >= 0.3 is 0 Å². The highest BCUT2D eigenvalue weighted by Gasteiger charge is 2.08. The molecule has 3 rings (SSSR count). The summed E-state index contributed by atoms with van der Waals surface area (Å²) in [6, 6.07) is 14.4. The number of amides is 1. The van der Waals surface area contributed by atoms with Crippen LogP contribution in [-0.4, -0.2) is 15.9 Å². The van der Waals surface area contributed by atoms with E-state index < -0.39 is 0 Å². The lowest BCUT2D eigenvalue weighted by molar-refractivity contribution is 0.102. The predicted octanol–water partition coefficient (Wildman–Crippen LogP) is 2.10. The van der Waals surface area contributed by atoms with E-state index in [2.05, 4.69) is 20.7 Å². The fourth-order valence-corrected chi connectivity index (χ4v) is 1.91. The summed E-state index contributed by atoms with van der Waals surface area (Å²) in [4.78, 5) is 19.4. The van der Waals surface area contributed by atoms with Crippen LogP contribution in [0.25, 0.3) is 11.0 Å². The van der Waals surface area contributed by atoms with Gasteiger partial charge in [-0.25, -0.2) is 4.98 Å². The number of nitrogens with two attached hydrogens (primary N) is 1. The Bertz CT molecular complexity index is 715. The maximum Gasteiger partial charge on any atom is 0.257 e. The number of hydrogen-bond acceptors (Lipinski definition) is 4. The van der Waals surface area contributed by atoms with E-state index in [4.69, 9.17) is 5.84 Å². The third-order valence-electron chi connectivity index (χ3n) is 2.94. The number of nitrogens with zero attached hydrogens (tertiary/aromatic N) is 1. The molecule has 0 aliphatic heterocycles. The molecular formula is C14H13N5O. The number of aromatic amines is 1. The van der Waals surface area contributed by atoms with Crippen LogP contribution >= 0.6 is 0 Å². The second-order valence-electron chi connectivity index (χ2n) is 4.28. The first-order valence-electron chi connectivity index (χ1n) is 6.09. The van der Waals surface area contributed by atoms with Crippen LogP contribution in [0.3, 0.4) is 0 Å². The van der Waals surface area contributed by atoms with Crippen LogP contribution in [0.5, 0.6) is 0 Å². The average molecular weight is 267 g/mol. The maximum absolute atomic E-state index is 12.1. The van der Waals surface area contributed by atoms with Gasteiger partial charge < -0.3 is 10.4 Å². The van der Waals surface area contributed by atoms with Gasteiger partial charge in [0.2, 0.25) is 5.95 Å². The Morgan fingerprint density at radius 1 is 1.10 bits per heavy atom. The largest absolute Gasteiger partial charge is 0.324 e. The van der Waals surface area contributed by atoms with Crippen molar-refractivity contribution in [3.63, 3.8) is 0 Å². The van der Waals surface area contributed by atoms with Gasteiger partial charge in [-0.2, -0.15) is 0 Å². The van der Waals surface area contributed by atoms with Crippen molar-refractivity contribution < 1.29 is 4.79 Å². The highest BCUT2D eigenvalue weighted by molar-refractivity contribution is 6.04. The van der Waals surface area contributed by atoms with Crippen LogP contribution in [0.4, 0.5) is 11.6 Å². The molecule has 0 aliphatic rings. The molecule has 0 atom stereocenters. The molecule has 0 spiro atoms. The van der Waals surface area contributed by atoms with Crippen molar-refractivity contribution in [1.82, 2.24) is 9.97 Å². The quantitative estimate of drug-likeness (QED) is 0.431. The Morgan fingerprint density at radius 2 is 1.85 bits per heavy atom. The number of imidazole rings is 1. The number of fused-ring (bicyclic) bond motifs is 1. The van der Waals surface area contributed by atoms with Crippen LogP contribution in [0.2, 0.25) is 0 Å². The lowest BCUT2D eigenvalue weighted by Crippen LogP contribution is -2.13. The Morgan fingerprint density at radius 3 is 2.55 bits per heavy atom. The summed E-state index contributed by atoms with van der Waals surface area (Å²) in [5, 5.41) is 2.73. The SMILES string of the molecule is NNc1ccc(C(=O)Nc2nc3ccccc3[nH]2)cc1. The zero-order valence-corrected chi connectivity index (χ0v) is 10.6. The first-order valence-corrected chi connectivity index (χ1v) is 6.09. The van der Waals surface area contributed by atoms with E-state index >= 15 is 0 Å². The minimum Gasteiger partial charge on any atom is -0.324 e. The van der Waals surface area contributed by atoms with Gasteiger partial charge in [0, 0.05) is 11.3 Å². The molecule has 0 unspecified atom stereocenters. The number of carbonyl (C=O) groups is 1. The molecule has 6 nitrogen and oxygen atoms in total. The third-order valence-corrected chi connectivity index (χ3v) is 2.94. The summed E-state index contributed by atoms with van der Waals surface area (Å²) in [5.41, 5.74) is 5.47. The van der Waals surface area contributed by atoms with Gasteiger partial charge in [-0.1, -0.05) is 12.1 Å². The molecule has 5 N–H and O–H groups in total. The molecular weight excluding hydrogens is 254 g/mol. The van der Waals surface area contributed by atoms with Crippen molar-refractivity contribution in [1.29, 1.82) is 0 Å². The van der Waals surface area contributed by atoms with Crippen LogP contribution in [0.15, 0.2) is 48.5 Å². The minimum atomic E-state index is -0.229. The molecule has 0 saturated carbocycles. The van der Waals surface area contributed by atoms with Gasteiger partial charge in [0.05, 0.1) is 11.0 Å². The topological polar surface area (TPSA) is 95.8 Å². The fourth-order valence-electron chi connectivity index (χ4n) is 1.91. The van der Waals surface area contributed by atoms with Gasteiger partial charge in [-0.05, 0) is 36.4 Å². The number of carbonyl (C=O) groups excluding carboxylic acids is 1. The van der Waals surface area contributed by atoms with E-state index in [0.29, 0.717) is 11.5 Å². The van der Waals surface area contributed by atoms with Crippen molar-refractivity contribution in [3.05, 3.63) is 54.1 Å². The van der Waals surface area contributed by atoms with Gasteiger partial charge in [0.1, 0.15) is 0 Å². The van der Waals surface area contributed by atoms with Gasteiger partial charge in [0.25, 0.3) is 5.91 Å². The number of aromatic nitrogens is 2. The summed E-state index contributed by atoms with van der Waals surface area (Å²) in [6.45, 7) is 0. The lowest BCUT2D eigenvalue weighted by atomic mass is 10.2. The van der Waals surface area contributed by atoms with E-state index in [-0.39, 0.29) is 5.91 Å². The first-order chi connectivity index (χ1) is 9.76. The van der Waals surface area contributed by atoms with Crippen LogP contribution in [0.1, 0.15) is 10.4 Å². The molecule has 0 saturated heterocycles. The second kappa shape index (κ2) is 5.02. The molecule has 0 bridgehead atoms. The summed E-state index contributed by atoms with van der Waals surface area (Å²) >= 11 is 0. The second-order valence-corrected chi connectivity index (χ2v) is 4.28. The number of benzene rings is 2. The highest BCUT2D eigenvalue weighted by atomic mass is 16.1. The number of H-pyrrole nitrogens is 1. The minimum absolute atomic E-state index is 0.229. The number of rotatable bonds is 3. The summed E-state index contributed by atoms with van der Waals surface area (Å²) < 4.78 is 0. The molecule has 1 heterocycles. The van der Waals surface area contributed by atoms with Gasteiger partial charge in [-0.3, -0.25) is 16.0 Å². The van der Waals surface area contributed by atoms with Crippen molar-refractivity contribution in [3.8, 4) is 0 Å². The maximum atomic E-state index is 12.1. The van der Waals surface area contributed by atoms with Crippen molar-refractivity contribution in [2.24, 2.45) is 5.84 Å². The van der Waals surface area contributed by atoms with Gasteiger partial charge in [0.15, 0.2) is 0 Å². The number of hydrazine groups is 1. The van der Waals surface area contributed by atoms with Crippen LogP contribution in [-0.2, 0) is 0 Å². The Balaban J connectivity index is 1.80. The molecule has 0 aliphatic carbocycles. The molecule has 1 amide bonds. The van der Waals surface area contributed by atoms with Crippen LogP contribution < -0.4 is 16.6 Å². The predicted molar refractivity (Wildman–Crippen MR) is 78.3 cm³/mol. The molecule has 0 radical (unpaired) electrons. The Hall–Kier alpha value is -2.86. The summed E-state index contributed by atoms with van der Waals surface area (Å²) in [7, 11) is 0. The molecule has 1 aromatic heterocycles. The molecule has 100 valence electrons. The van der Waals surface area contributed by atoms with Crippen molar-refractivity contribution in [2.45, 2.75) is 0 Å². The van der Waals surface area contributed by atoms with E-state index in [9.17, 15) is 4.79 Å². The number of hydrogen-bond donors (Lipinski definition) is 4. The summed E-state index contributed by atoms with van der Waals surface area (Å²) in [5.74, 6) is 5.48. The monoisotopic (exact) mass is 267 g/mol. The Labute approximate surface area is 115 Å². The van der Waals surface area contributed by atoms with Crippen LogP contribution in [0, 0.1) is 0 Å². The third kappa shape index (κ3) is 2.32. The standard InChI is InChI=1S/C14H13N5O/c15-19-10-7-5-9(6-8-10)13(20)18-14-16-11-3-1-2-4-12(11)17-14/h1-8,19H,15H2,(H2,16,17,18,20). The summed E-state index contributed by atoms with van der Waals surface area (Å²) in [6.07, 6.45) is 0. The zero-order chi connectivity index (χ0) is 13.9. The number of anilines is 2. The highest BCUT2D eigenvalue weighted by Crippen LogP contribution is 2.14. The molecule has 20 heavy (non-hydrogen) atoms. The fraction of sp³-hybridized carbons (Fsp3) is 0. The van der Waals surface area contributed by atoms with E-state index in [1.54, 1.807) is 24.3 Å². The van der Waals surface area contributed by atoms with Crippen molar-refractivity contribution >= 4 is 28.6 Å². The van der Waals surface area contributed by atoms with Gasteiger partial charge in [-0.15, -0.1) is 0 Å². The van der Waals surface area contributed by atoms with E-state index in [1.807, 2.05) is 24.3 Å². The lowest BCUT2D eigenvalue weighted by Gasteiger charge is -2.03.